The first-order valence-electron chi connectivity index (χ1n) is 3.67. The smallest absolute Gasteiger partial charge is 0.281 e. The second-order valence-electron chi connectivity index (χ2n) is 2.76. The number of nitrogens with zero attached hydrogens (tertiary/aromatic N) is 2. The quantitative estimate of drug-likeness (QED) is 0.498. The van der Waals surface area contributed by atoms with E-state index < -0.39 is 14.4 Å². The molecule has 1 N–H and O–H groups in total. The summed E-state index contributed by atoms with van der Waals surface area (Å²) in [4.78, 5) is 7.43. The van der Waals surface area contributed by atoms with Gasteiger partial charge in [-0.25, -0.2) is 9.98 Å². The average Bonchev–Trinajstić information content (AvgIpc) is 2.40. The maximum absolute atomic E-state index is 10.9. The Morgan fingerprint density at radius 2 is 1.64 bits per heavy atom. The van der Waals surface area contributed by atoms with E-state index in [1.165, 1.54) is 0 Å². The molecule has 5 nitrogen and oxygen atoms in total. The SMILES string of the molecule is O=S(=O)(O)C1(S)N=c2ccccc2=N1. The molecule has 0 saturated carbocycles. The highest BCUT2D eigenvalue weighted by molar-refractivity contribution is 8.03. The van der Waals surface area contributed by atoms with Gasteiger partial charge in [0, 0.05) is 0 Å². The average molecular weight is 230 g/mol. The molecular formula is C7H6N2O3S2. The van der Waals surface area contributed by atoms with E-state index in [-0.39, 0.29) is 0 Å². The molecule has 0 bridgehead atoms. The molecule has 0 fully saturated rings. The molecule has 0 amide bonds. The van der Waals surface area contributed by atoms with Gasteiger partial charge in [0.1, 0.15) is 0 Å². The van der Waals surface area contributed by atoms with Crippen LogP contribution in [0.15, 0.2) is 34.3 Å². The van der Waals surface area contributed by atoms with Crippen LogP contribution >= 0.6 is 12.6 Å². The Hall–Kier alpha value is -0.920. The minimum Gasteiger partial charge on any atom is -0.281 e. The summed E-state index contributed by atoms with van der Waals surface area (Å²) in [7, 11) is -4.44. The minimum absolute atomic E-state index is 0.403. The van der Waals surface area contributed by atoms with Gasteiger partial charge < -0.3 is 0 Å². The zero-order valence-corrected chi connectivity index (χ0v) is 8.53. The maximum atomic E-state index is 10.9. The maximum Gasteiger partial charge on any atom is 0.324 e. The normalized spacial score (nSPS) is 18.1. The van der Waals surface area contributed by atoms with E-state index >= 15 is 0 Å². The number of hydrogen-bond donors (Lipinski definition) is 2. The van der Waals surface area contributed by atoms with Gasteiger partial charge in [0.25, 0.3) is 0 Å². The van der Waals surface area contributed by atoms with Crippen LogP contribution in [-0.2, 0) is 10.1 Å². The Kier molecular flexibility index (Phi) is 1.91. The Labute approximate surface area is 85.4 Å². The second kappa shape index (κ2) is 2.78. The van der Waals surface area contributed by atoms with Crippen molar-refractivity contribution < 1.29 is 13.0 Å². The van der Waals surface area contributed by atoms with Gasteiger partial charge in [-0.3, -0.25) is 4.55 Å². The van der Waals surface area contributed by atoms with Crippen molar-refractivity contribution in [3.8, 4) is 0 Å². The van der Waals surface area contributed by atoms with Crippen LogP contribution in [0.2, 0.25) is 0 Å². The van der Waals surface area contributed by atoms with Crippen LogP contribution in [0.5, 0.6) is 0 Å². The lowest BCUT2D eigenvalue weighted by molar-refractivity contribution is 0.463. The van der Waals surface area contributed by atoms with Crippen LogP contribution < -0.4 is 10.7 Å². The molecule has 1 heterocycles. The first-order chi connectivity index (χ1) is 6.42. The third kappa shape index (κ3) is 1.33. The first kappa shape index (κ1) is 9.63. The summed E-state index contributed by atoms with van der Waals surface area (Å²) < 4.78 is 28.6. The molecule has 0 unspecified atom stereocenters. The molecule has 1 aliphatic rings. The number of fused-ring (bicyclic) bond motifs is 1. The van der Waals surface area contributed by atoms with E-state index in [1.54, 1.807) is 24.3 Å². The summed E-state index contributed by atoms with van der Waals surface area (Å²) in [5.74, 6) is 0. The van der Waals surface area contributed by atoms with Gasteiger partial charge in [-0.1, -0.05) is 12.1 Å². The fourth-order valence-corrected chi connectivity index (χ4v) is 1.75. The van der Waals surface area contributed by atoms with Crippen LogP contribution in [0.4, 0.5) is 0 Å². The Bertz CT molecular complexity index is 559. The van der Waals surface area contributed by atoms with E-state index in [0.717, 1.165) is 0 Å². The lowest BCUT2D eigenvalue weighted by Gasteiger charge is -2.10. The predicted octanol–water partition coefficient (Wildman–Crippen LogP) is -0.632. The van der Waals surface area contributed by atoms with Crippen LogP contribution in [0.3, 0.4) is 0 Å². The topological polar surface area (TPSA) is 79.1 Å². The highest BCUT2D eigenvalue weighted by Crippen LogP contribution is 2.24. The minimum atomic E-state index is -4.44. The number of hydrogen-bond acceptors (Lipinski definition) is 5. The standard InChI is InChI=1S/C7H6N2O3S2/c10-14(11,12)7(13)8-5-3-1-2-4-6(5)9-7/h1-4,13H,(H,10,11,12). The molecule has 0 aromatic heterocycles. The molecule has 0 atom stereocenters. The summed E-state index contributed by atoms with van der Waals surface area (Å²) in [5, 5.41) is 0.806. The van der Waals surface area contributed by atoms with Gasteiger partial charge in [0.2, 0.25) is 0 Å². The molecule has 0 aliphatic carbocycles. The van der Waals surface area contributed by atoms with Gasteiger partial charge >= 0.3 is 14.4 Å². The zero-order valence-electron chi connectivity index (χ0n) is 6.82. The molecule has 2 rings (SSSR count). The second-order valence-corrected chi connectivity index (χ2v) is 5.21. The fraction of sp³-hybridized carbons (Fsp3) is 0.143. The summed E-state index contributed by atoms with van der Waals surface area (Å²) >= 11 is 3.74. The Balaban J connectivity index is 2.77. The molecule has 1 aliphatic heterocycles. The fourth-order valence-electron chi connectivity index (χ4n) is 1.11. The Morgan fingerprint density at radius 1 is 1.21 bits per heavy atom. The summed E-state index contributed by atoms with van der Waals surface area (Å²) in [6.07, 6.45) is 0. The van der Waals surface area contributed by atoms with Crippen molar-refractivity contribution in [1.29, 1.82) is 0 Å². The number of benzene rings is 1. The van der Waals surface area contributed by atoms with E-state index in [0.29, 0.717) is 10.7 Å². The third-order valence-electron chi connectivity index (χ3n) is 1.76. The lowest BCUT2D eigenvalue weighted by Crippen LogP contribution is -2.26. The highest BCUT2D eigenvalue weighted by Gasteiger charge is 2.40. The summed E-state index contributed by atoms with van der Waals surface area (Å²) in [5.41, 5.74) is 0. The summed E-state index contributed by atoms with van der Waals surface area (Å²) in [6, 6.07) is 6.59. The molecule has 1 aromatic carbocycles. The van der Waals surface area contributed by atoms with Crippen LogP contribution in [0.1, 0.15) is 0 Å². The van der Waals surface area contributed by atoms with Crippen molar-refractivity contribution >= 4 is 22.7 Å². The Morgan fingerprint density at radius 3 is 2.00 bits per heavy atom. The van der Waals surface area contributed by atoms with Crippen LogP contribution in [-0.4, -0.2) is 17.3 Å². The summed E-state index contributed by atoms with van der Waals surface area (Å²) in [6.45, 7) is 0. The van der Waals surface area contributed by atoms with Crippen molar-refractivity contribution in [2.75, 3.05) is 0 Å². The van der Waals surface area contributed by atoms with E-state index in [9.17, 15) is 8.42 Å². The number of rotatable bonds is 1. The van der Waals surface area contributed by atoms with Gasteiger partial charge in [-0.05, 0) is 12.1 Å². The third-order valence-corrected chi connectivity index (χ3v) is 3.53. The van der Waals surface area contributed by atoms with Gasteiger partial charge in [0.15, 0.2) is 0 Å². The molecule has 7 heteroatoms. The largest absolute Gasteiger partial charge is 0.324 e. The van der Waals surface area contributed by atoms with Crippen LogP contribution in [0, 0.1) is 0 Å². The molecule has 14 heavy (non-hydrogen) atoms. The molecule has 1 aromatic rings. The monoisotopic (exact) mass is 230 g/mol. The molecule has 0 radical (unpaired) electrons. The molecule has 0 spiro atoms. The van der Waals surface area contributed by atoms with Crippen molar-refractivity contribution in [3.63, 3.8) is 0 Å². The van der Waals surface area contributed by atoms with E-state index in [4.69, 9.17) is 4.55 Å². The molecule has 0 saturated heterocycles. The van der Waals surface area contributed by atoms with Crippen molar-refractivity contribution in [2.24, 2.45) is 9.98 Å². The number of para-hydroxylation sites is 2. The van der Waals surface area contributed by atoms with Crippen molar-refractivity contribution in [3.05, 3.63) is 35.0 Å². The van der Waals surface area contributed by atoms with Gasteiger partial charge in [0.05, 0.1) is 10.7 Å². The zero-order chi connectivity index (χ0) is 10.4. The predicted molar refractivity (Wildman–Crippen MR) is 52.0 cm³/mol. The van der Waals surface area contributed by atoms with Crippen molar-refractivity contribution in [1.82, 2.24) is 0 Å². The molecular weight excluding hydrogens is 224 g/mol. The van der Waals surface area contributed by atoms with Gasteiger partial charge in [-0.15, -0.1) is 12.6 Å². The molecule has 74 valence electrons. The lowest BCUT2D eigenvalue weighted by atomic mass is 10.3. The van der Waals surface area contributed by atoms with Crippen molar-refractivity contribution in [2.45, 2.75) is 4.33 Å². The van der Waals surface area contributed by atoms with Crippen LogP contribution in [0.25, 0.3) is 0 Å². The van der Waals surface area contributed by atoms with E-state index in [2.05, 4.69) is 22.6 Å². The highest BCUT2D eigenvalue weighted by atomic mass is 32.3. The van der Waals surface area contributed by atoms with E-state index in [1.807, 2.05) is 0 Å². The van der Waals surface area contributed by atoms with Gasteiger partial charge in [-0.2, -0.15) is 8.42 Å². The first-order valence-corrected chi connectivity index (χ1v) is 5.55. The number of thiol groups is 1.